The molecule has 1 N–H and O–H groups in total. The van der Waals surface area contributed by atoms with Crippen molar-refractivity contribution < 1.29 is 8.42 Å². The quantitative estimate of drug-likeness (QED) is 0.837. The zero-order valence-corrected chi connectivity index (χ0v) is 12.3. The summed E-state index contributed by atoms with van der Waals surface area (Å²) >= 11 is 5.86. The summed E-state index contributed by atoms with van der Waals surface area (Å²) in [7, 11) is -3.20. The van der Waals surface area contributed by atoms with Gasteiger partial charge in [-0.15, -0.1) is 11.6 Å². The van der Waals surface area contributed by atoms with Crippen LogP contribution < -0.4 is 4.72 Å². The first-order valence-electron chi connectivity index (χ1n) is 5.74. The van der Waals surface area contributed by atoms with E-state index in [0.717, 1.165) is 23.1 Å². The molecule has 0 radical (unpaired) electrons. The van der Waals surface area contributed by atoms with Crippen LogP contribution in [0, 0.1) is 6.92 Å². The van der Waals surface area contributed by atoms with Gasteiger partial charge in [-0.05, 0) is 19.1 Å². The van der Waals surface area contributed by atoms with Crippen LogP contribution in [-0.4, -0.2) is 35.8 Å². The van der Waals surface area contributed by atoms with Crippen molar-refractivity contribution in [3.8, 4) is 0 Å². The molecule has 0 saturated carbocycles. The van der Waals surface area contributed by atoms with E-state index in [9.17, 15) is 8.42 Å². The van der Waals surface area contributed by atoms with Gasteiger partial charge in [0.2, 0.25) is 10.0 Å². The fraction of sp³-hybridized carbons (Fsp3) is 0.455. The molecule has 0 bridgehead atoms. The zero-order valence-electron chi connectivity index (χ0n) is 10.7. The predicted molar refractivity (Wildman–Crippen MR) is 74.7 cm³/mol. The Bertz CT molecular complexity index is 696. The molecular weight excluding hydrogens is 288 g/mol. The van der Waals surface area contributed by atoms with Gasteiger partial charge in [0.25, 0.3) is 0 Å². The Labute approximate surface area is 116 Å². The molecule has 0 saturated heterocycles. The van der Waals surface area contributed by atoms with Gasteiger partial charge in [-0.25, -0.2) is 23.1 Å². The highest BCUT2D eigenvalue weighted by Crippen LogP contribution is 2.16. The monoisotopic (exact) mass is 302 g/mol. The minimum atomic E-state index is -3.20. The molecule has 0 fully saturated rings. The van der Waals surface area contributed by atoms with Crippen LogP contribution in [0.4, 0.5) is 0 Å². The first-order chi connectivity index (χ1) is 8.90. The van der Waals surface area contributed by atoms with Gasteiger partial charge in [0.1, 0.15) is 11.3 Å². The van der Waals surface area contributed by atoms with Crippen molar-refractivity contribution in [3.05, 3.63) is 23.7 Å². The van der Waals surface area contributed by atoms with Crippen LogP contribution in [-0.2, 0) is 22.4 Å². The molecule has 2 aromatic rings. The molecular formula is C11H15ClN4O2S. The van der Waals surface area contributed by atoms with Crippen LogP contribution in [0.15, 0.2) is 12.1 Å². The third kappa shape index (κ3) is 3.43. The predicted octanol–water partition coefficient (Wildman–Crippen LogP) is 1.03. The van der Waals surface area contributed by atoms with Crippen LogP contribution in [0.5, 0.6) is 0 Å². The number of aromatic nitrogens is 3. The van der Waals surface area contributed by atoms with Crippen molar-refractivity contribution in [2.75, 3.05) is 12.8 Å². The van der Waals surface area contributed by atoms with E-state index < -0.39 is 10.0 Å². The van der Waals surface area contributed by atoms with Gasteiger partial charge in [-0.3, -0.25) is 0 Å². The normalized spacial score (nSPS) is 12.2. The number of alkyl halides is 1. The lowest BCUT2D eigenvalue weighted by molar-refractivity contribution is 0.578. The highest BCUT2D eigenvalue weighted by atomic mass is 35.5. The smallest absolute Gasteiger partial charge is 0.208 e. The van der Waals surface area contributed by atoms with Crippen LogP contribution >= 0.6 is 11.6 Å². The molecule has 2 rings (SSSR count). The van der Waals surface area contributed by atoms with Gasteiger partial charge in [0.15, 0.2) is 5.65 Å². The largest absolute Gasteiger partial charge is 0.310 e. The number of rotatable bonds is 5. The average Bonchev–Trinajstić information content (AvgIpc) is 2.65. The summed E-state index contributed by atoms with van der Waals surface area (Å²) in [6.07, 6.45) is 1.13. The van der Waals surface area contributed by atoms with E-state index in [1.54, 1.807) is 0 Å². The number of nitrogens with zero attached hydrogens (tertiary/aromatic N) is 3. The lowest BCUT2D eigenvalue weighted by atomic mass is 10.3. The minimum absolute atomic E-state index is 0.258. The SMILES string of the molecule is Cc1ccc2nc(CCl)n(CCNS(C)(=O)=O)c2n1. The third-order valence-corrected chi connectivity index (χ3v) is 3.60. The summed E-state index contributed by atoms with van der Waals surface area (Å²) in [5, 5.41) is 0. The Balaban J connectivity index is 2.32. The second-order valence-electron chi connectivity index (χ2n) is 4.28. The maximum atomic E-state index is 11.1. The molecule has 0 atom stereocenters. The van der Waals surface area contributed by atoms with Crippen molar-refractivity contribution >= 4 is 32.8 Å². The minimum Gasteiger partial charge on any atom is -0.310 e. The zero-order chi connectivity index (χ0) is 14.0. The molecule has 104 valence electrons. The van der Waals surface area contributed by atoms with Crippen LogP contribution in [0.2, 0.25) is 0 Å². The summed E-state index contributed by atoms with van der Waals surface area (Å²) < 4.78 is 26.4. The van der Waals surface area contributed by atoms with Gasteiger partial charge >= 0.3 is 0 Å². The van der Waals surface area contributed by atoms with E-state index in [-0.39, 0.29) is 12.4 Å². The summed E-state index contributed by atoms with van der Waals surface area (Å²) in [4.78, 5) is 8.80. The number of nitrogens with one attached hydrogen (secondary N) is 1. The Hall–Kier alpha value is -1.18. The number of hydrogen-bond donors (Lipinski definition) is 1. The Kier molecular flexibility index (Phi) is 4.07. The number of fused-ring (bicyclic) bond motifs is 1. The first kappa shape index (κ1) is 14.2. The van der Waals surface area contributed by atoms with Crippen molar-refractivity contribution in [2.24, 2.45) is 0 Å². The number of halogens is 1. The maximum Gasteiger partial charge on any atom is 0.208 e. The van der Waals surface area contributed by atoms with Crippen LogP contribution in [0.1, 0.15) is 11.5 Å². The lowest BCUT2D eigenvalue weighted by Gasteiger charge is -2.07. The molecule has 0 aliphatic heterocycles. The average molecular weight is 303 g/mol. The van der Waals surface area contributed by atoms with E-state index in [1.165, 1.54) is 0 Å². The summed E-state index contributed by atoms with van der Waals surface area (Å²) in [5.41, 5.74) is 2.37. The molecule has 0 aromatic carbocycles. The van der Waals surface area contributed by atoms with Crippen molar-refractivity contribution in [3.63, 3.8) is 0 Å². The van der Waals surface area contributed by atoms with Crippen LogP contribution in [0.25, 0.3) is 11.2 Å². The van der Waals surface area contributed by atoms with Gasteiger partial charge in [-0.1, -0.05) is 0 Å². The number of hydrogen-bond acceptors (Lipinski definition) is 4. The van der Waals surface area contributed by atoms with Gasteiger partial charge < -0.3 is 4.57 Å². The van der Waals surface area contributed by atoms with Crippen molar-refractivity contribution in [1.29, 1.82) is 0 Å². The maximum absolute atomic E-state index is 11.1. The van der Waals surface area contributed by atoms with Crippen LogP contribution in [0.3, 0.4) is 0 Å². The molecule has 6 nitrogen and oxygen atoms in total. The fourth-order valence-corrected chi connectivity index (χ4v) is 2.49. The van der Waals surface area contributed by atoms with E-state index in [2.05, 4.69) is 14.7 Å². The molecule has 0 unspecified atom stereocenters. The molecule has 0 aliphatic rings. The number of aryl methyl sites for hydroxylation is 1. The van der Waals surface area contributed by atoms with E-state index in [4.69, 9.17) is 11.6 Å². The Morgan fingerprint density at radius 1 is 1.37 bits per heavy atom. The molecule has 2 aromatic heterocycles. The van der Waals surface area contributed by atoms with Gasteiger partial charge in [0.05, 0.1) is 12.1 Å². The third-order valence-electron chi connectivity index (χ3n) is 2.63. The van der Waals surface area contributed by atoms with Gasteiger partial charge in [-0.2, -0.15) is 0 Å². The summed E-state index contributed by atoms with van der Waals surface area (Å²) in [5.74, 6) is 0.943. The second-order valence-corrected chi connectivity index (χ2v) is 6.38. The Morgan fingerprint density at radius 2 is 2.11 bits per heavy atom. The highest BCUT2D eigenvalue weighted by Gasteiger charge is 2.11. The molecule has 8 heteroatoms. The molecule has 19 heavy (non-hydrogen) atoms. The second kappa shape index (κ2) is 5.44. The summed E-state index contributed by atoms with van der Waals surface area (Å²) in [6.45, 7) is 2.62. The molecule has 0 spiro atoms. The number of pyridine rings is 1. The fourth-order valence-electron chi connectivity index (χ4n) is 1.82. The molecule has 2 heterocycles. The van der Waals surface area contributed by atoms with Crippen molar-refractivity contribution in [2.45, 2.75) is 19.3 Å². The number of imidazole rings is 1. The topological polar surface area (TPSA) is 76.9 Å². The van der Waals surface area contributed by atoms with Crippen molar-refractivity contribution in [1.82, 2.24) is 19.3 Å². The highest BCUT2D eigenvalue weighted by molar-refractivity contribution is 7.88. The van der Waals surface area contributed by atoms with Gasteiger partial charge in [0, 0.05) is 18.8 Å². The Morgan fingerprint density at radius 3 is 2.74 bits per heavy atom. The summed E-state index contributed by atoms with van der Waals surface area (Å²) in [6, 6.07) is 3.76. The lowest BCUT2D eigenvalue weighted by Crippen LogP contribution is -2.26. The van der Waals surface area contributed by atoms with E-state index >= 15 is 0 Å². The number of sulfonamides is 1. The van der Waals surface area contributed by atoms with E-state index in [0.29, 0.717) is 12.4 Å². The molecule has 0 aliphatic carbocycles. The first-order valence-corrected chi connectivity index (χ1v) is 8.16. The van der Waals surface area contributed by atoms with E-state index in [1.807, 2.05) is 23.6 Å². The standard InChI is InChI=1S/C11H15ClN4O2S/c1-8-3-4-9-11(14-8)16(10(7-12)15-9)6-5-13-19(2,17)18/h3-4,13H,5-7H2,1-2H3. The molecule has 0 amide bonds.